The molecule has 1 aromatic rings. The van der Waals surface area contributed by atoms with Crippen LogP contribution in [0, 0.1) is 11.6 Å². The molecule has 0 unspecified atom stereocenters. The molecule has 118 valence electrons. The van der Waals surface area contributed by atoms with Gasteiger partial charge in [-0.3, -0.25) is 4.90 Å². The van der Waals surface area contributed by atoms with Crippen molar-refractivity contribution in [2.24, 2.45) is 0 Å². The van der Waals surface area contributed by atoms with Crippen molar-refractivity contribution < 1.29 is 22.3 Å². The number of benzene rings is 1. The van der Waals surface area contributed by atoms with Crippen LogP contribution in [0.25, 0.3) is 0 Å². The van der Waals surface area contributed by atoms with E-state index in [1.807, 2.05) is 4.90 Å². The Kier molecular flexibility index (Phi) is 4.77. The topological polar surface area (TPSA) is 86.9 Å². The highest BCUT2D eigenvalue weighted by Crippen LogP contribution is 2.26. The molecule has 1 fully saturated rings. The zero-order chi connectivity index (χ0) is 15.6. The van der Waals surface area contributed by atoms with Crippen LogP contribution < -0.4 is 5.73 Å². The highest BCUT2D eigenvalue weighted by Gasteiger charge is 2.31. The molecule has 0 aliphatic carbocycles. The quantitative estimate of drug-likeness (QED) is 0.753. The lowest BCUT2D eigenvalue weighted by atomic mass is 10.3. The van der Waals surface area contributed by atoms with Crippen molar-refractivity contribution in [2.45, 2.75) is 4.90 Å². The molecular weight excluding hydrogens is 304 g/mol. The van der Waals surface area contributed by atoms with Gasteiger partial charge in [0, 0.05) is 32.7 Å². The summed E-state index contributed by atoms with van der Waals surface area (Å²) in [4.78, 5) is 1.29. The van der Waals surface area contributed by atoms with Gasteiger partial charge in [0.1, 0.15) is 16.4 Å². The second-order valence-electron chi connectivity index (χ2n) is 4.74. The van der Waals surface area contributed by atoms with Crippen molar-refractivity contribution in [3.05, 3.63) is 23.8 Å². The van der Waals surface area contributed by atoms with Gasteiger partial charge < -0.3 is 10.8 Å². The number of nitrogens with two attached hydrogens (primary N) is 1. The number of aliphatic hydroxyl groups excluding tert-OH is 1. The predicted molar refractivity (Wildman–Crippen MR) is 73.1 cm³/mol. The second kappa shape index (κ2) is 6.22. The fourth-order valence-corrected chi connectivity index (χ4v) is 3.72. The average molecular weight is 321 g/mol. The van der Waals surface area contributed by atoms with E-state index in [1.165, 1.54) is 0 Å². The van der Waals surface area contributed by atoms with Gasteiger partial charge in [-0.25, -0.2) is 17.2 Å². The minimum Gasteiger partial charge on any atom is -0.395 e. The Morgan fingerprint density at radius 2 is 1.81 bits per heavy atom. The van der Waals surface area contributed by atoms with Crippen molar-refractivity contribution in [1.82, 2.24) is 9.21 Å². The maximum absolute atomic E-state index is 13.9. The number of hydrogen-bond donors (Lipinski definition) is 2. The van der Waals surface area contributed by atoms with E-state index in [2.05, 4.69) is 0 Å². The van der Waals surface area contributed by atoms with Gasteiger partial charge in [0.15, 0.2) is 5.82 Å². The first-order valence-electron chi connectivity index (χ1n) is 6.44. The summed E-state index contributed by atoms with van der Waals surface area (Å²) in [6.45, 7) is 1.70. The lowest BCUT2D eigenvalue weighted by Crippen LogP contribution is -2.49. The van der Waals surface area contributed by atoms with Crippen LogP contribution >= 0.6 is 0 Å². The zero-order valence-electron chi connectivity index (χ0n) is 11.3. The van der Waals surface area contributed by atoms with Crippen LogP contribution in [-0.4, -0.2) is 62.1 Å². The van der Waals surface area contributed by atoms with Crippen LogP contribution in [0.2, 0.25) is 0 Å². The number of rotatable bonds is 4. The number of halogens is 2. The molecule has 2 rings (SSSR count). The van der Waals surface area contributed by atoms with Gasteiger partial charge in [0.05, 0.1) is 6.61 Å². The van der Waals surface area contributed by atoms with Gasteiger partial charge >= 0.3 is 0 Å². The molecule has 3 N–H and O–H groups in total. The minimum absolute atomic E-state index is 0.00409. The number of piperazine rings is 1. The van der Waals surface area contributed by atoms with E-state index in [0.29, 0.717) is 19.6 Å². The van der Waals surface area contributed by atoms with Gasteiger partial charge in [0.25, 0.3) is 0 Å². The van der Waals surface area contributed by atoms with E-state index in [-0.39, 0.29) is 19.7 Å². The van der Waals surface area contributed by atoms with Crippen molar-refractivity contribution >= 4 is 15.7 Å². The predicted octanol–water partition coefficient (Wildman–Crippen LogP) is -0.154. The highest BCUT2D eigenvalue weighted by atomic mass is 32.2. The summed E-state index contributed by atoms with van der Waals surface area (Å²) < 4.78 is 52.9. The van der Waals surface area contributed by atoms with E-state index < -0.39 is 32.2 Å². The molecule has 1 aromatic carbocycles. The fraction of sp³-hybridized carbons (Fsp3) is 0.500. The van der Waals surface area contributed by atoms with Gasteiger partial charge in [-0.1, -0.05) is 0 Å². The number of hydrogen-bond acceptors (Lipinski definition) is 5. The molecule has 0 bridgehead atoms. The van der Waals surface area contributed by atoms with Crippen LogP contribution in [0.5, 0.6) is 0 Å². The van der Waals surface area contributed by atoms with E-state index in [0.717, 1.165) is 16.4 Å². The number of aliphatic hydroxyl groups is 1. The summed E-state index contributed by atoms with van der Waals surface area (Å²) in [5.41, 5.74) is 4.41. The molecule has 1 saturated heterocycles. The van der Waals surface area contributed by atoms with Crippen LogP contribution in [0.1, 0.15) is 0 Å². The Bertz CT molecular complexity index is 616. The van der Waals surface area contributed by atoms with Crippen LogP contribution in [0.4, 0.5) is 14.5 Å². The van der Waals surface area contributed by atoms with Crippen molar-refractivity contribution in [3.63, 3.8) is 0 Å². The third kappa shape index (κ3) is 3.15. The Morgan fingerprint density at radius 1 is 1.19 bits per heavy atom. The molecule has 1 aliphatic heterocycles. The molecule has 21 heavy (non-hydrogen) atoms. The molecule has 1 heterocycles. The molecule has 0 aromatic heterocycles. The fourth-order valence-electron chi connectivity index (χ4n) is 2.22. The van der Waals surface area contributed by atoms with E-state index in [4.69, 9.17) is 10.8 Å². The van der Waals surface area contributed by atoms with E-state index in [9.17, 15) is 17.2 Å². The Hall–Kier alpha value is -1.29. The molecule has 0 amide bonds. The molecular formula is C12H17F2N3O3S. The first-order chi connectivity index (χ1) is 9.87. The largest absolute Gasteiger partial charge is 0.395 e. The van der Waals surface area contributed by atoms with Crippen LogP contribution in [0.15, 0.2) is 17.0 Å². The molecule has 0 radical (unpaired) electrons. The molecule has 6 nitrogen and oxygen atoms in total. The number of β-amino-alcohol motifs (C(OH)–C–C–N with tert-alkyl or cyclic N) is 1. The molecule has 0 saturated carbocycles. The molecule has 9 heteroatoms. The Balaban J connectivity index is 2.22. The van der Waals surface area contributed by atoms with Crippen molar-refractivity contribution in [1.29, 1.82) is 0 Å². The van der Waals surface area contributed by atoms with Gasteiger partial charge in [-0.2, -0.15) is 4.31 Å². The third-order valence-corrected chi connectivity index (χ3v) is 5.37. The normalized spacial score (nSPS) is 18.0. The number of sulfonamides is 1. The SMILES string of the molecule is Nc1c(F)ccc(S(=O)(=O)N2CCN(CCO)CC2)c1F. The number of nitrogen functional groups attached to an aromatic ring is 1. The number of anilines is 1. The summed E-state index contributed by atoms with van der Waals surface area (Å²) in [6, 6.07) is 1.73. The molecule has 1 aliphatic rings. The number of nitrogens with zero attached hydrogens (tertiary/aromatic N) is 2. The zero-order valence-corrected chi connectivity index (χ0v) is 12.1. The lowest BCUT2D eigenvalue weighted by Gasteiger charge is -2.33. The third-order valence-electron chi connectivity index (χ3n) is 3.46. The minimum atomic E-state index is -4.05. The maximum atomic E-state index is 13.9. The summed E-state index contributed by atoms with van der Waals surface area (Å²) in [5, 5.41) is 8.84. The summed E-state index contributed by atoms with van der Waals surface area (Å²) in [7, 11) is -4.05. The van der Waals surface area contributed by atoms with E-state index >= 15 is 0 Å². The second-order valence-corrected chi connectivity index (χ2v) is 6.65. The smallest absolute Gasteiger partial charge is 0.246 e. The van der Waals surface area contributed by atoms with Crippen molar-refractivity contribution in [2.75, 3.05) is 45.1 Å². The Morgan fingerprint density at radius 3 is 2.38 bits per heavy atom. The molecule has 0 spiro atoms. The Labute approximate surface area is 121 Å². The van der Waals surface area contributed by atoms with E-state index in [1.54, 1.807) is 0 Å². The summed E-state index contributed by atoms with van der Waals surface area (Å²) in [6.07, 6.45) is 0. The van der Waals surface area contributed by atoms with Gasteiger partial charge in [-0.15, -0.1) is 0 Å². The first kappa shape index (κ1) is 16.1. The summed E-state index contributed by atoms with van der Waals surface area (Å²) >= 11 is 0. The highest BCUT2D eigenvalue weighted by molar-refractivity contribution is 7.89. The van der Waals surface area contributed by atoms with Crippen LogP contribution in [0.3, 0.4) is 0 Å². The standard InChI is InChI=1S/C12H17F2N3O3S/c13-9-1-2-10(11(14)12(9)15)21(19,20)17-5-3-16(4-6-17)7-8-18/h1-2,18H,3-8,15H2. The maximum Gasteiger partial charge on any atom is 0.246 e. The van der Waals surface area contributed by atoms with Crippen LogP contribution in [-0.2, 0) is 10.0 Å². The average Bonchev–Trinajstić information content (AvgIpc) is 2.45. The molecule has 0 atom stereocenters. The first-order valence-corrected chi connectivity index (χ1v) is 7.88. The lowest BCUT2D eigenvalue weighted by molar-refractivity contribution is 0.151. The monoisotopic (exact) mass is 321 g/mol. The van der Waals surface area contributed by atoms with Gasteiger partial charge in [-0.05, 0) is 12.1 Å². The summed E-state index contributed by atoms with van der Waals surface area (Å²) in [5.74, 6) is -2.24. The van der Waals surface area contributed by atoms with Crippen molar-refractivity contribution in [3.8, 4) is 0 Å². The van der Waals surface area contributed by atoms with Gasteiger partial charge in [0.2, 0.25) is 10.0 Å².